The van der Waals surface area contributed by atoms with Gasteiger partial charge in [-0.2, -0.15) is 0 Å². The lowest BCUT2D eigenvalue weighted by Crippen LogP contribution is -2.32. The highest BCUT2D eigenvalue weighted by Crippen LogP contribution is 2.28. The second-order valence-corrected chi connectivity index (χ2v) is 7.66. The molecular formula is C19H17Cl2N3O2S. The van der Waals surface area contributed by atoms with Crippen molar-refractivity contribution in [1.82, 2.24) is 10.2 Å². The van der Waals surface area contributed by atoms with Gasteiger partial charge in [0.05, 0.1) is 0 Å². The van der Waals surface area contributed by atoms with Crippen LogP contribution in [0.2, 0.25) is 10.0 Å². The molecule has 2 aromatic carbocycles. The van der Waals surface area contributed by atoms with Gasteiger partial charge in [-0.25, -0.2) is 0 Å². The zero-order valence-corrected chi connectivity index (χ0v) is 17.0. The van der Waals surface area contributed by atoms with E-state index >= 15 is 0 Å². The quantitative estimate of drug-likeness (QED) is 0.560. The first-order valence-corrected chi connectivity index (χ1v) is 9.86. The molecule has 1 heterocycles. The van der Waals surface area contributed by atoms with Crippen LogP contribution in [-0.4, -0.2) is 22.2 Å². The Hall–Kier alpha value is -2.15. The van der Waals surface area contributed by atoms with E-state index in [2.05, 4.69) is 15.5 Å². The molecule has 0 saturated heterocycles. The van der Waals surface area contributed by atoms with Crippen molar-refractivity contribution in [3.05, 3.63) is 58.1 Å². The lowest BCUT2D eigenvalue weighted by Gasteiger charge is -2.16. The summed E-state index contributed by atoms with van der Waals surface area (Å²) in [4.78, 5) is 12.5. The molecule has 0 bridgehead atoms. The molecule has 8 heteroatoms. The van der Waals surface area contributed by atoms with Gasteiger partial charge in [0.15, 0.2) is 6.10 Å². The smallest absolute Gasteiger partial charge is 0.267 e. The van der Waals surface area contributed by atoms with Crippen LogP contribution in [0.5, 0.6) is 5.75 Å². The minimum atomic E-state index is -0.645. The maximum absolute atomic E-state index is 12.5. The minimum Gasteiger partial charge on any atom is -0.481 e. The Morgan fingerprint density at radius 2 is 1.93 bits per heavy atom. The molecule has 0 aliphatic rings. The summed E-state index contributed by atoms with van der Waals surface area (Å²) in [5.74, 6) is 0.321. The standard InChI is InChI=1S/C19H17Cl2N3O2S/c1-3-16(26-14-8-9-15(21)11(2)10-14)17(25)22-19-24-23-18(27-19)12-4-6-13(20)7-5-12/h4-10,16H,3H2,1-2H3,(H,22,24,25)/t16-/m0/s1. The lowest BCUT2D eigenvalue weighted by atomic mass is 10.2. The van der Waals surface area contributed by atoms with Crippen LogP contribution in [0.25, 0.3) is 10.6 Å². The largest absolute Gasteiger partial charge is 0.481 e. The zero-order chi connectivity index (χ0) is 19.4. The van der Waals surface area contributed by atoms with E-state index in [1.54, 1.807) is 24.3 Å². The maximum atomic E-state index is 12.5. The fraction of sp³-hybridized carbons (Fsp3) is 0.211. The highest BCUT2D eigenvalue weighted by Gasteiger charge is 2.20. The number of rotatable bonds is 6. The van der Waals surface area contributed by atoms with Crippen LogP contribution >= 0.6 is 34.5 Å². The molecule has 1 amide bonds. The van der Waals surface area contributed by atoms with E-state index in [1.165, 1.54) is 11.3 Å². The number of anilines is 1. The first kappa shape index (κ1) is 19.6. The summed E-state index contributed by atoms with van der Waals surface area (Å²) in [5.41, 5.74) is 1.78. The first-order chi connectivity index (χ1) is 13.0. The van der Waals surface area contributed by atoms with Crippen LogP contribution < -0.4 is 10.1 Å². The molecule has 1 N–H and O–H groups in total. The highest BCUT2D eigenvalue weighted by atomic mass is 35.5. The Kier molecular flexibility index (Phi) is 6.31. The Morgan fingerprint density at radius 1 is 1.19 bits per heavy atom. The molecule has 0 fully saturated rings. The molecule has 1 atom stereocenters. The first-order valence-electron chi connectivity index (χ1n) is 8.29. The molecule has 0 saturated carbocycles. The molecule has 3 aromatic rings. The molecule has 140 valence electrons. The zero-order valence-electron chi connectivity index (χ0n) is 14.7. The number of aryl methyl sites for hydroxylation is 1. The molecule has 0 aliphatic heterocycles. The van der Waals surface area contributed by atoms with E-state index in [4.69, 9.17) is 27.9 Å². The lowest BCUT2D eigenvalue weighted by molar-refractivity contribution is -0.122. The van der Waals surface area contributed by atoms with Gasteiger partial charge in [-0.3, -0.25) is 10.1 Å². The van der Waals surface area contributed by atoms with E-state index in [1.807, 2.05) is 32.0 Å². The summed E-state index contributed by atoms with van der Waals surface area (Å²) in [6, 6.07) is 12.6. The van der Waals surface area contributed by atoms with Gasteiger partial charge in [0.2, 0.25) is 5.13 Å². The van der Waals surface area contributed by atoms with Gasteiger partial charge in [0.1, 0.15) is 10.8 Å². The van der Waals surface area contributed by atoms with E-state index in [9.17, 15) is 4.79 Å². The highest BCUT2D eigenvalue weighted by molar-refractivity contribution is 7.18. The van der Waals surface area contributed by atoms with Crippen molar-refractivity contribution in [3.8, 4) is 16.3 Å². The number of nitrogens with one attached hydrogen (secondary N) is 1. The van der Waals surface area contributed by atoms with Gasteiger partial charge < -0.3 is 4.74 Å². The van der Waals surface area contributed by atoms with Crippen LogP contribution in [-0.2, 0) is 4.79 Å². The molecule has 0 unspecified atom stereocenters. The Bertz CT molecular complexity index is 944. The van der Waals surface area contributed by atoms with E-state index in [0.717, 1.165) is 11.1 Å². The SMILES string of the molecule is CC[C@H](Oc1ccc(Cl)c(C)c1)C(=O)Nc1nnc(-c2ccc(Cl)cc2)s1. The Labute approximate surface area is 171 Å². The third-order valence-corrected chi connectivity index (χ3v) is 5.38. The predicted octanol–water partition coefficient (Wildman–Crippen LogP) is 5.62. The molecule has 0 radical (unpaired) electrons. The van der Waals surface area contributed by atoms with Crippen LogP contribution in [0, 0.1) is 6.92 Å². The van der Waals surface area contributed by atoms with Crippen molar-refractivity contribution in [3.63, 3.8) is 0 Å². The topological polar surface area (TPSA) is 64.1 Å². The van der Waals surface area contributed by atoms with Gasteiger partial charge >= 0.3 is 0 Å². The van der Waals surface area contributed by atoms with Crippen LogP contribution in [0.15, 0.2) is 42.5 Å². The van der Waals surface area contributed by atoms with Gasteiger partial charge in [-0.1, -0.05) is 53.6 Å². The van der Waals surface area contributed by atoms with Crippen LogP contribution in [0.4, 0.5) is 5.13 Å². The van der Waals surface area contributed by atoms with E-state index in [-0.39, 0.29) is 5.91 Å². The summed E-state index contributed by atoms with van der Waals surface area (Å²) < 4.78 is 5.81. The van der Waals surface area contributed by atoms with E-state index in [0.29, 0.717) is 32.4 Å². The number of aromatic nitrogens is 2. The third-order valence-electron chi connectivity index (χ3n) is 3.82. The van der Waals surface area contributed by atoms with Crippen LogP contribution in [0.1, 0.15) is 18.9 Å². The van der Waals surface area contributed by atoms with Gasteiger partial charge in [0, 0.05) is 15.6 Å². The number of ether oxygens (including phenoxy) is 1. The van der Waals surface area contributed by atoms with Crippen molar-refractivity contribution in [1.29, 1.82) is 0 Å². The number of halogens is 2. The minimum absolute atomic E-state index is 0.274. The van der Waals surface area contributed by atoms with Crippen molar-refractivity contribution >= 4 is 45.6 Å². The molecule has 3 rings (SSSR count). The van der Waals surface area contributed by atoms with Crippen molar-refractivity contribution in [2.45, 2.75) is 26.4 Å². The van der Waals surface area contributed by atoms with Gasteiger partial charge in [0.25, 0.3) is 5.91 Å². The predicted molar refractivity (Wildman–Crippen MR) is 110 cm³/mol. The summed E-state index contributed by atoms with van der Waals surface area (Å²) in [7, 11) is 0. The van der Waals surface area contributed by atoms with E-state index < -0.39 is 6.10 Å². The van der Waals surface area contributed by atoms with Crippen molar-refractivity contribution in [2.24, 2.45) is 0 Å². The third kappa shape index (κ3) is 4.97. The number of amides is 1. The number of benzene rings is 2. The average molecular weight is 422 g/mol. The summed E-state index contributed by atoms with van der Waals surface area (Å²) in [6.07, 6.45) is -0.135. The Balaban J connectivity index is 1.67. The van der Waals surface area contributed by atoms with Gasteiger partial charge in [-0.15, -0.1) is 10.2 Å². The number of carbonyl (C=O) groups excluding carboxylic acids is 1. The number of hydrogen-bond acceptors (Lipinski definition) is 5. The van der Waals surface area contributed by atoms with Crippen molar-refractivity contribution < 1.29 is 9.53 Å². The van der Waals surface area contributed by atoms with Crippen molar-refractivity contribution in [2.75, 3.05) is 5.32 Å². The summed E-state index contributed by atoms with van der Waals surface area (Å²) in [5, 5.41) is 13.3. The monoisotopic (exact) mass is 421 g/mol. The number of hydrogen-bond donors (Lipinski definition) is 1. The summed E-state index contributed by atoms with van der Waals surface area (Å²) >= 11 is 13.2. The molecule has 5 nitrogen and oxygen atoms in total. The maximum Gasteiger partial charge on any atom is 0.267 e. The normalized spacial score (nSPS) is 11.9. The molecule has 27 heavy (non-hydrogen) atoms. The summed E-state index contributed by atoms with van der Waals surface area (Å²) in [6.45, 7) is 3.77. The molecule has 1 aromatic heterocycles. The molecule has 0 spiro atoms. The Morgan fingerprint density at radius 3 is 2.59 bits per heavy atom. The second-order valence-electron chi connectivity index (χ2n) is 5.83. The fourth-order valence-electron chi connectivity index (χ4n) is 2.35. The fourth-order valence-corrected chi connectivity index (χ4v) is 3.34. The molecular weight excluding hydrogens is 405 g/mol. The molecule has 0 aliphatic carbocycles. The average Bonchev–Trinajstić information content (AvgIpc) is 3.11. The number of nitrogens with zero attached hydrogens (tertiary/aromatic N) is 2. The van der Waals surface area contributed by atoms with Crippen LogP contribution in [0.3, 0.4) is 0 Å². The number of carbonyl (C=O) groups is 1. The second kappa shape index (κ2) is 8.69. The van der Waals surface area contributed by atoms with Gasteiger partial charge in [-0.05, 0) is 49.2 Å².